The first-order chi connectivity index (χ1) is 9.95. The lowest BCUT2D eigenvalue weighted by Crippen LogP contribution is -2.26. The van der Waals surface area contributed by atoms with Crippen molar-refractivity contribution in [2.45, 2.75) is 0 Å². The highest BCUT2D eigenvalue weighted by Gasteiger charge is 2.10. The van der Waals surface area contributed by atoms with Crippen molar-refractivity contribution in [3.63, 3.8) is 0 Å². The van der Waals surface area contributed by atoms with Gasteiger partial charge in [0.2, 0.25) is 0 Å². The van der Waals surface area contributed by atoms with E-state index in [9.17, 15) is 0 Å². The summed E-state index contributed by atoms with van der Waals surface area (Å²) in [6.07, 6.45) is 0. The molecule has 0 amide bonds. The summed E-state index contributed by atoms with van der Waals surface area (Å²) in [6.45, 7) is 0. The van der Waals surface area contributed by atoms with Crippen LogP contribution in [0.1, 0.15) is 11.1 Å². The minimum absolute atomic E-state index is 0.0793. The number of halogens is 3. The quantitative estimate of drug-likeness (QED) is 0.456. The third kappa shape index (κ3) is 4.68. The van der Waals surface area contributed by atoms with E-state index in [0.717, 1.165) is 15.6 Å². The van der Waals surface area contributed by atoms with Gasteiger partial charge in [-0.05, 0) is 42.5 Å². The number of hydrogen-bond acceptors (Lipinski definition) is 2. The molecule has 108 valence electrons. The van der Waals surface area contributed by atoms with E-state index in [-0.39, 0.29) is 5.11 Å². The SMILES string of the molecule is NC(=S)N/N=C(\c1cc(Cl)cc(Cl)c1)c1cccc(Br)c1. The second-order valence-electron chi connectivity index (χ2n) is 4.10. The lowest BCUT2D eigenvalue weighted by atomic mass is 10.0. The number of thiocarbonyl (C=S) groups is 1. The van der Waals surface area contributed by atoms with E-state index in [2.05, 4.69) is 26.5 Å². The molecule has 2 rings (SSSR count). The Morgan fingerprint density at radius 2 is 1.76 bits per heavy atom. The van der Waals surface area contributed by atoms with Gasteiger partial charge in [-0.3, -0.25) is 5.43 Å². The molecule has 0 fully saturated rings. The second-order valence-corrected chi connectivity index (χ2v) is 6.33. The molecule has 2 aromatic rings. The summed E-state index contributed by atoms with van der Waals surface area (Å²) in [5.74, 6) is 0. The summed E-state index contributed by atoms with van der Waals surface area (Å²) < 4.78 is 0.927. The monoisotopic (exact) mass is 401 g/mol. The highest BCUT2D eigenvalue weighted by atomic mass is 79.9. The summed E-state index contributed by atoms with van der Waals surface area (Å²) in [7, 11) is 0. The fraction of sp³-hybridized carbons (Fsp3) is 0. The predicted octanol–water partition coefficient (Wildman–Crippen LogP) is 4.34. The summed E-state index contributed by atoms with van der Waals surface area (Å²) in [4.78, 5) is 0. The van der Waals surface area contributed by atoms with Crippen molar-refractivity contribution >= 4 is 62.2 Å². The molecule has 0 unspecified atom stereocenters. The van der Waals surface area contributed by atoms with E-state index in [4.69, 9.17) is 41.2 Å². The Morgan fingerprint density at radius 3 is 2.33 bits per heavy atom. The van der Waals surface area contributed by atoms with Crippen LogP contribution in [0.2, 0.25) is 10.0 Å². The first-order valence-corrected chi connectivity index (χ1v) is 7.77. The van der Waals surface area contributed by atoms with E-state index < -0.39 is 0 Å². The van der Waals surface area contributed by atoms with Gasteiger partial charge < -0.3 is 5.73 Å². The van der Waals surface area contributed by atoms with Gasteiger partial charge in [0.05, 0.1) is 5.71 Å². The molecule has 3 N–H and O–H groups in total. The Hall–Kier alpha value is -1.14. The molecule has 0 spiro atoms. The van der Waals surface area contributed by atoms with Gasteiger partial charge >= 0.3 is 0 Å². The molecule has 0 aliphatic carbocycles. The van der Waals surface area contributed by atoms with Crippen LogP contribution in [0.3, 0.4) is 0 Å². The molecule has 0 heterocycles. The summed E-state index contributed by atoms with van der Waals surface area (Å²) in [6, 6.07) is 12.9. The topological polar surface area (TPSA) is 50.4 Å². The third-order valence-electron chi connectivity index (χ3n) is 2.51. The fourth-order valence-electron chi connectivity index (χ4n) is 1.73. The van der Waals surface area contributed by atoms with Crippen molar-refractivity contribution in [2.24, 2.45) is 10.8 Å². The molecular weight excluding hydrogens is 393 g/mol. The maximum Gasteiger partial charge on any atom is 0.184 e. The number of nitrogens with zero attached hydrogens (tertiary/aromatic N) is 1. The molecule has 0 aliphatic heterocycles. The van der Waals surface area contributed by atoms with Crippen LogP contribution in [0.25, 0.3) is 0 Å². The lowest BCUT2D eigenvalue weighted by molar-refractivity contribution is 1.03. The van der Waals surface area contributed by atoms with Crippen molar-refractivity contribution in [1.82, 2.24) is 5.43 Å². The van der Waals surface area contributed by atoms with Gasteiger partial charge in [-0.2, -0.15) is 5.10 Å². The molecule has 0 atom stereocenters. The Labute approximate surface area is 146 Å². The van der Waals surface area contributed by atoms with Crippen molar-refractivity contribution in [1.29, 1.82) is 0 Å². The number of nitrogens with two attached hydrogens (primary N) is 1. The Kier molecular flexibility index (Phi) is 5.58. The van der Waals surface area contributed by atoms with E-state index in [1.807, 2.05) is 24.3 Å². The maximum atomic E-state index is 6.06. The number of rotatable bonds is 3. The largest absolute Gasteiger partial charge is 0.375 e. The zero-order chi connectivity index (χ0) is 15.4. The molecule has 0 radical (unpaired) electrons. The van der Waals surface area contributed by atoms with E-state index in [0.29, 0.717) is 15.8 Å². The van der Waals surface area contributed by atoms with Crippen LogP contribution in [-0.2, 0) is 0 Å². The van der Waals surface area contributed by atoms with Crippen molar-refractivity contribution in [2.75, 3.05) is 0 Å². The molecule has 0 saturated heterocycles. The van der Waals surface area contributed by atoms with E-state index >= 15 is 0 Å². The summed E-state index contributed by atoms with van der Waals surface area (Å²) in [5.41, 5.74) is 10.3. The van der Waals surface area contributed by atoms with E-state index in [1.54, 1.807) is 18.2 Å². The van der Waals surface area contributed by atoms with Crippen molar-refractivity contribution in [3.05, 3.63) is 68.1 Å². The molecule has 0 aliphatic rings. The summed E-state index contributed by atoms with van der Waals surface area (Å²) >= 11 is 20.3. The van der Waals surface area contributed by atoms with Gasteiger partial charge in [0.1, 0.15) is 0 Å². The molecule has 0 aromatic heterocycles. The lowest BCUT2D eigenvalue weighted by Gasteiger charge is -2.09. The molecule has 0 saturated carbocycles. The maximum absolute atomic E-state index is 6.06. The van der Waals surface area contributed by atoms with Gasteiger partial charge in [0.15, 0.2) is 5.11 Å². The second kappa shape index (κ2) is 7.22. The zero-order valence-corrected chi connectivity index (χ0v) is 14.5. The molecule has 7 heteroatoms. The Morgan fingerprint density at radius 1 is 1.10 bits per heavy atom. The Bertz CT molecular complexity index is 699. The number of benzene rings is 2. The Balaban J connectivity index is 2.55. The predicted molar refractivity (Wildman–Crippen MR) is 96.2 cm³/mol. The number of nitrogens with one attached hydrogen (secondary N) is 1. The van der Waals surface area contributed by atoms with Crippen molar-refractivity contribution < 1.29 is 0 Å². The molecule has 3 nitrogen and oxygen atoms in total. The zero-order valence-electron chi connectivity index (χ0n) is 10.6. The van der Waals surface area contributed by atoms with Crippen LogP contribution in [-0.4, -0.2) is 10.8 Å². The highest BCUT2D eigenvalue weighted by Crippen LogP contribution is 2.23. The average molecular weight is 403 g/mol. The van der Waals surface area contributed by atoms with Crippen LogP contribution >= 0.6 is 51.3 Å². The fourth-order valence-corrected chi connectivity index (χ4v) is 2.70. The van der Waals surface area contributed by atoms with E-state index in [1.165, 1.54) is 0 Å². The van der Waals surface area contributed by atoms with Gasteiger partial charge in [-0.15, -0.1) is 0 Å². The van der Waals surface area contributed by atoms with Crippen molar-refractivity contribution in [3.8, 4) is 0 Å². The van der Waals surface area contributed by atoms with Crippen LogP contribution in [0, 0.1) is 0 Å². The van der Waals surface area contributed by atoms with Crippen LogP contribution in [0.4, 0.5) is 0 Å². The highest BCUT2D eigenvalue weighted by molar-refractivity contribution is 9.10. The minimum Gasteiger partial charge on any atom is -0.375 e. The first kappa shape index (κ1) is 16.2. The smallest absolute Gasteiger partial charge is 0.184 e. The third-order valence-corrected chi connectivity index (χ3v) is 3.53. The first-order valence-electron chi connectivity index (χ1n) is 5.81. The van der Waals surface area contributed by atoms with Crippen LogP contribution < -0.4 is 11.2 Å². The average Bonchev–Trinajstić information content (AvgIpc) is 2.37. The van der Waals surface area contributed by atoms with Gasteiger partial charge in [-0.1, -0.05) is 51.3 Å². The van der Waals surface area contributed by atoms with Crippen LogP contribution in [0.5, 0.6) is 0 Å². The van der Waals surface area contributed by atoms with Gasteiger partial charge in [0.25, 0.3) is 0 Å². The van der Waals surface area contributed by atoms with Crippen LogP contribution in [0.15, 0.2) is 52.0 Å². The molecule has 0 bridgehead atoms. The minimum atomic E-state index is 0.0793. The van der Waals surface area contributed by atoms with Gasteiger partial charge in [0, 0.05) is 25.6 Å². The number of hydrogen-bond donors (Lipinski definition) is 2. The molecular formula is C14H10BrCl2N3S. The molecule has 21 heavy (non-hydrogen) atoms. The summed E-state index contributed by atoms with van der Waals surface area (Å²) in [5, 5.41) is 5.38. The standard InChI is InChI=1S/C14H10BrCl2N3S/c15-10-3-1-2-8(4-10)13(19-20-14(18)21)9-5-11(16)7-12(17)6-9/h1-7H,(H3,18,20,21)/b19-13-. The number of hydrazone groups is 1. The molecule has 2 aromatic carbocycles. The normalized spacial score (nSPS) is 11.3. The van der Waals surface area contributed by atoms with Gasteiger partial charge in [-0.25, -0.2) is 0 Å².